The maximum absolute atomic E-state index is 11.8. The van der Waals surface area contributed by atoms with Crippen molar-refractivity contribution < 1.29 is 14.7 Å². The number of carboxylic acids is 1. The van der Waals surface area contributed by atoms with E-state index in [0.717, 1.165) is 5.56 Å². The Morgan fingerprint density at radius 2 is 1.80 bits per heavy atom. The molecule has 0 fully saturated rings. The third kappa shape index (κ3) is 5.43. The van der Waals surface area contributed by atoms with Crippen LogP contribution in [0.5, 0.6) is 0 Å². The van der Waals surface area contributed by atoms with Crippen LogP contribution in [0.4, 0.5) is 0 Å². The highest BCUT2D eigenvalue weighted by atomic mass is 16.4. The molecule has 1 atom stereocenters. The molecule has 110 valence electrons. The van der Waals surface area contributed by atoms with Gasteiger partial charge in [-0.3, -0.25) is 9.59 Å². The van der Waals surface area contributed by atoms with Gasteiger partial charge in [-0.15, -0.1) is 0 Å². The van der Waals surface area contributed by atoms with Crippen LogP contribution in [0.1, 0.15) is 55.3 Å². The van der Waals surface area contributed by atoms with Gasteiger partial charge >= 0.3 is 5.97 Å². The second kappa shape index (κ2) is 7.68. The average Bonchev–Trinajstić information content (AvgIpc) is 2.37. The van der Waals surface area contributed by atoms with Gasteiger partial charge in [0.2, 0.25) is 5.91 Å². The molecule has 1 unspecified atom stereocenters. The second-order valence-electron chi connectivity index (χ2n) is 5.23. The van der Waals surface area contributed by atoms with Crippen molar-refractivity contribution in [2.45, 2.75) is 52.5 Å². The maximum Gasteiger partial charge on any atom is 0.303 e. The van der Waals surface area contributed by atoms with Crippen LogP contribution in [0.25, 0.3) is 0 Å². The van der Waals surface area contributed by atoms with Crippen molar-refractivity contribution >= 4 is 11.9 Å². The first-order valence-electron chi connectivity index (χ1n) is 6.98. The van der Waals surface area contributed by atoms with E-state index in [4.69, 9.17) is 5.11 Å². The fourth-order valence-electron chi connectivity index (χ4n) is 1.99. The molecule has 2 N–H and O–H groups in total. The van der Waals surface area contributed by atoms with Crippen molar-refractivity contribution in [2.24, 2.45) is 0 Å². The molecule has 0 heterocycles. The standard InChI is InChI=1S/C16H23NO3/c1-11-8-9-14(10-12(11)2)13(3)17-15(18)6-4-5-7-16(19)20/h8-10,13H,4-7H2,1-3H3,(H,17,18)(H,19,20). The van der Waals surface area contributed by atoms with Gasteiger partial charge in [0.15, 0.2) is 0 Å². The SMILES string of the molecule is Cc1ccc(C(C)NC(=O)CCCCC(=O)O)cc1C. The number of rotatable bonds is 7. The number of hydrogen-bond acceptors (Lipinski definition) is 2. The lowest BCUT2D eigenvalue weighted by molar-refractivity contribution is -0.137. The zero-order chi connectivity index (χ0) is 15.1. The van der Waals surface area contributed by atoms with Crippen molar-refractivity contribution in [1.29, 1.82) is 0 Å². The van der Waals surface area contributed by atoms with Crippen LogP contribution in [-0.4, -0.2) is 17.0 Å². The number of aryl methyl sites for hydroxylation is 2. The Kier molecular flexibility index (Phi) is 6.22. The van der Waals surface area contributed by atoms with E-state index in [9.17, 15) is 9.59 Å². The molecule has 1 aromatic carbocycles. The number of nitrogens with one attached hydrogen (secondary N) is 1. The quantitative estimate of drug-likeness (QED) is 0.752. The van der Waals surface area contributed by atoms with E-state index in [1.165, 1.54) is 11.1 Å². The van der Waals surface area contributed by atoms with Gasteiger partial charge in [-0.1, -0.05) is 18.2 Å². The first-order valence-corrected chi connectivity index (χ1v) is 6.98. The number of carboxylic acid groups (broad SMARTS) is 1. The summed E-state index contributed by atoms with van der Waals surface area (Å²) < 4.78 is 0. The summed E-state index contributed by atoms with van der Waals surface area (Å²) in [5.41, 5.74) is 3.54. The van der Waals surface area contributed by atoms with E-state index < -0.39 is 5.97 Å². The fourth-order valence-corrected chi connectivity index (χ4v) is 1.99. The van der Waals surface area contributed by atoms with Crippen molar-refractivity contribution in [3.05, 3.63) is 34.9 Å². The molecule has 0 spiro atoms. The molecule has 1 amide bonds. The number of carbonyl (C=O) groups excluding carboxylic acids is 1. The zero-order valence-electron chi connectivity index (χ0n) is 12.4. The molecular weight excluding hydrogens is 254 g/mol. The van der Waals surface area contributed by atoms with E-state index in [0.29, 0.717) is 19.3 Å². The molecular formula is C16H23NO3. The Labute approximate surface area is 120 Å². The van der Waals surface area contributed by atoms with Crippen LogP contribution in [0, 0.1) is 13.8 Å². The molecule has 0 bridgehead atoms. The molecule has 1 rings (SSSR count). The van der Waals surface area contributed by atoms with E-state index in [-0.39, 0.29) is 18.4 Å². The Hall–Kier alpha value is -1.84. The minimum atomic E-state index is -0.811. The molecule has 0 saturated carbocycles. The molecule has 0 aromatic heterocycles. The number of carbonyl (C=O) groups is 2. The third-order valence-corrected chi connectivity index (χ3v) is 3.45. The van der Waals surface area contributed by atoms with Gasteiger partial charge in [-0.2, -0.15) is 0 Å². The normalized spacial score (nSPS) is 11.9. The lowest BCUT2D eigenvalue weighted by Crippen LogP contribution is -2.26. The van der Waals surface area contributed by atoms with Crippen molar-refractivity contribution in [3.63, 3.8) is 0 Å². The molecule has 20 heavy (non-hydrogen) atoms. The smallest absolute Gasteiger partial charge is 0.303 e. The minimum Gasteiger partial charge on any atom is -0.481 e. The van der Waals surface area contributed by atoms with Gasteiger partial charge in [0.1, 0.15) is 0 Å². The van der Waals surface area contributed by atoms with Crippen LogP contribution in [0.3, 0.4) is 0 Å². The van der Waals surface area contributed by atoms with Crippen LogP contribution in [0.15, 0.2) is 18.2 Å². The Bertz CT molecular complexity index is 483. The van der Waals surface area contributed by atoms with Gasteiger partial charge in [-0.25, -0.2) is 0 Å². The van der Waals surface area contributed by atoms with Gasteiger partial charge in [0.25, 0.3) is 0 Å². The van der Waals surface area contributed by atoms with Crippen molar-refractivity contribution in [1.82, 2.24) is 5.32 Å². The van der Waals surface area contributed by atoms with E-state index in [1.807, 2.05) is 13.0 Å². The average molecular weight is 277 g/mol. The van der Waals surface area contributed by atoms with E-state index in [2.05, 4.69) is 31.3 Å². The summed E-state index contributed by atoms with van der Waals surface area (Å²) in [6.07, 6.45) is 1.65. The summed E-state index contributed by atoms with van der Waals surface area (Å²) >= 11 is 0. The second-order valence-corrected chi connectivity index (χ2v) is 5.23. The third-order valence-electron chi connectivity index (χ3n) is 3.45. The molecule has 0 aliphatic rings. The predicted molar refractivity (Wildman–Crippen MR) is 78.6 cm³/mol. The maximum atomic E-state index is 11.8. The summed E-state index contributed by atoms with van der Waals surface area (Å²) in [5.74, 6) is -0.838. The Morgan fingerprint density at radius 1 is 1.15 bits per heavy atom. The highest BCUT2D eigenvalue weighted by Gasteiger charge is 2.10. The number of hydrogen-bond donors (Lipinski definition) is 2. The Balaban J connectivity index is 2.41. The molecule has 1 aromatic rings. The van der Waals surface area contributed by atoms with Gasteiger partial charge in [-0.05, 0) is 50.3 Å². The number of unbranched alkanes of at least 4 members (excludes halogenated alkanes) is 1. The van der Waals surface area contributed by atoms with E-state index in [1.54, 1.807) is 0 Å². The van der Waals surface area contributed by atoms with Gasteiger partial charge < -0.3 is 10.4 Å². The first-order chi connectivity index (χ1) is 9.40. The number of amides is 1. The highest BCUT2D eigenvalue weighted by molar-refractivity contribution is 5.76. The zero-order valence-corrected chi connectivity index (χ0v) is 12.4. The van der Waals surface area contributed by atoms with Crippen molar-refractivity contribution in [3.8, 4) is 0 Å². The molecule has 0 saturated heterocycles. The van der Waals surface area contributed by atoms with Crippen LogP contribution >= 0.6 is 0 Å². The number of aliphatic carboxylic acids is 1. The summed E-state index contributed by atoms with van der Waals surface area (Å²) in [6.45, 7) is 6.07. The topological polar surface area (TPSA) is 66.4 Å². The molecule has 4 heteroatoms. The number of benzene rings is 1. The van der Waals surface area contributed by atoms with Crippen LogP contribution in [0.2, 0.25) is 0 Å². The summed E-state index contributed by atoms with van der Waals surface area (Å²) in [7, 11) is 0. The Morgan fingerprint density at radius 3 is 2.40 bits per heavy atom. The lowest BCUT2D eigenvalue weighted by atomic mass is 10.0. The largest absolute Gasteiger partial charge is 0.481 e. The van der Waals surface area contributed by atoms with Gasteiger partial charge in [0, 0.05) is 12.8 Å². The lowest BCUT2D eigenvalue weighted by Gasteiger charge is -2.15. The highest BCUT2D eigenvalue weighted by Crippen LogP contribution is 2.17. The van der Waals surface area contributed by atoms with Gasteiger partial charge in [0.05, 0.1) is 6.04 Å². The molecule has 0 radical (unpaired) electrons. The van der Waals surface area contributed by atoms with Crippen LogP contribution in [-0.2, 0) is 9.59 Å². The van der Waals surface area contributed by atoms with Crippen LogP contribution < -0.4 is 5.32 Å². The van der Waals surface area contributed by atoms with Crippen molar-refractivity contribution in [2.75, 3.05) is 0 Å². The molecule has 4 nitrogen and oxygen atoms in total. The summed E-state index contributed by atoms with van der Waals surface area (Å²) in [4.78, 5) is 22.1. The van der Waals surface area contributed by atoms with E-state index >= 15 is 0 Å². The predicted octanol–water partition coefficient (Wildman–Crippen LogP) is 3.13. The monoisotopic (exact) mass is 277 g/mol. The first kappa shape index (κ1) is 16.2. The molecule has 0 aliphatic carbocycles. The fraction of sp³-hybridized carbons (Fsp3) is 0.500. The summed E-state index contributed by atoms with van der Waals surface area (Å²) in [5, 5.41) is 11.5. The molecule has 0 aliphatic heterocycles. The summed E-state index contributed by atoms with van der Waals surface area (Å²) in [6, 6.07) is 6.14. The minimum absolute atomic E-state index is 0.0266.